The van der Waals surface area contributed by atoms with Gasteiger partial charge in [-0.15, -0.1) is 21.5 Å². The fourth-order valence-corrected chi connectivity index (χ4v) is 6.12. The summed E-state index contributed by atoms with van der Waals surface area (Å²) in [7, 11) is 1.35. The second-order valence-electron chi connectivity index (χ2n) is 6.72. The molecule has 1 aliphatic carbocycles. The molecular weight excluding hydrogens is 459 g/mol. The molecule has 2 N–H and O–H groups in total. The van der Waals surface area contributed by atoms with Gasteiger partial charge in [0.1, 0.15) is 10.8 Å². The van der Waals surface area contributed by atoms with Gasteiger partial charge in [-0.05, 0) is 43.4 Å². The molecule has 162 valence electrons. The summed E-state index contributed by atoms with van der Waals surface area (Å²) in [5.74, 6) is -0.938. The second kappa shape index (κ2) is 9.75. The maximum absolute atomic E-state index is 13.7. The van der Waals surface area contributed by atoms with Gasteiger partial charge in [-0.25, -0.2) is 9.18 Å². The first-order chi connectivity index (χ1) is 15.0. The Kier molecular flexibility index (Phi) is 6.83. The third-order valence-corrected chi connectivity index (χ3v) is 7.84. The molecule has 0 bridgehead atoms. The highest BCUT2D eigenvalue weighted by Gasteiger charge is 2.27. The maximum atomic E-state index is 13.7. The molecule has 0 fully saturated rings. The molecule has 1 amide bonds. The van der Waals surface area contributed by atoms with Crippen molar-refractivity contribution in [3.8, 4) is 0 Å². The lowest BCUT2D eigenvalue weighted by Crippen LogP contribution is -2.16. The first-order valence-electron chi connectivity index (χ1n) is 9.55. The summed E-state index contributed by atoms with van der Waals surface area (Å²) in [4.78, 5) is 25.9. The van der Waals surface area contributed by atoms with Crippen molar-refractivity contribution in [1.82, 2.24) is 10.2 Å². The van der Waals surface area contributed by atoms with Crippen LogP contribution in [0.15, 0.2) is 28.6 Å². The van der Waals surface area contributed by atoms with Gasteiger partial charge in [0.25, 0.3) is 0 Å². The third-order valence-electron chi connectivity index (χ3n) is 4.66. The lowest BCUT2D eigenvalue weighted by molar-refractivity contribution is -0.113. The molecule has 1 aromatic carbocycles. The number of nitrogens with one attached hydrogen (secondary N) is 2. The molecule has 0 saturated heterocycles. The maximum Gasteiger partial charge on any atom is 0.341 e. The Balaban J connectivity index is 1.38. The number of amides is 1. The number of para-hydroxylation sites is 1. The van der Waals surface area contributed by atoms with Crippen LogP contribution in [-0.4, -0.2) is 34.9 Å². The Morgan fingerprint density at radius 3 is 2.81 bits per heavy atom. The number of aromatic nitrogens is 2. The van der Waals surface area contributed by atoms with Crippen molar-refractivity contribution in [2.24, 2.45) is 0 Å². The fourth-order valence-electron chi connectivity index (χ4n) is 3.26. The van der Waals surface area contributed by atoms with Crippen LogP contribution in [0.3, 0.4) is 0 Å². The molecule has 0 spiro atoms. The van der Waals surface area contributed by atoms with Gasteiger partial charge < -0.3 is 15.4 Å². The quantitative estimate of drug-likeness (QED) is 0.369. The summed E-state index contributed by atoms with van der Waals surface area (Å²) >= 11 is 3.91. The summed E-state index contributed by atoms with van der Waals surface area (Å²) in [6, 6.07) is 6.29. The number of esters is 1. The number of aryl methyl sites for hydroxylation is 1. The van der Waals surface area contributed by atoms with Crippen LogP contribution in [0.1, 0.15) is 33.6 Å². The van der Waals surface area contributed by atoms with Gasteiger partial charge in [0.2, 0.25) is 11.0 Å². The zero-order valence-electron chi connectivity index (χ0n) is 16.6. The predicted molar refractivity (Wildman–Crippen MR) is 121 cm³/mol. The molecule has 0 unspecified atom stereocenters. The molecule has 31 heavy (non-hydrogen) atoms. The Hall–Kier alpha value is -2.50. The lowest BCUT2D eigenvalue weighted by Gasteiger charge is -2.11. The van der Waals surface area contributed by atoms with E-state index in [4.69, 9.17) is 4.74 Å². The van der Waals surface area contributed by atoms with E-state index in [9.17, 15) is 14.0 Å². The van der Waals surface area contributed by atoms with Crippen LogP contribution in [-0.2, 0) is 22.4 Å². The summed E-state index contributed by atoms with van der Waals surface area (Å²) in [6.45, 7) is 0. The standard InChI is InChI=1S/C20H19FN4O3S3/c1-28-18(27)16-11-6-2-5-9-14(11)30-17(16)23-15(26)10-29-20-25-24-19(31-20)22-13-8-4-3-7-12(13)21/h3-4,7-8H,2,5-6,9-10H2,1H3,(H,22,24)(H,23,26). The third kappa shape index (κ3) is 5.05. The van der Waals surface area contributed by atoms with Crippen molar-refractivity contribution in [1.29, 1.82) is 0 Å². The van der Waals surface area contributed by atoms with Gasteiger partial charge in [0.05, 0.1) is 24.1 Å². The molecule has 4 rings (SSSR count). The second-order valence-corrected chi connectivity index (χ2v) is 10.0. The smallest absolute Gasteiger partial charge is 0.341 e. The normalized spacial score (nSPS) is 12.8. The van der Waals surface area contributed by atoms with Gasteiger partial charge in [0.15, 0.2) is 4.34 Å². The summed E-state index contributed by atoms with van der Waals surface area (Å²) in [5, 5.41) is 14.7. The molecule has 0 radical (unpaired) electrons. The summed E-state index contributed by atoms with van der Waals surface area (Å²) in [5.41, 5.74) is 1.79. The van der Waals surface area contributed by atoms with Gasteiger partial charge in [0, 0.05) is 4.88 Å². The van der Waals surface area contributed by atoms with E-state index in [-0.39, 0.29) is 17.5 Å². The monoisotopic (exact) mass is 478 g/mol. The van der Waals surface area contributed by atoms with Crippen molar-refractivity contribution in [2.75, 3.05) is 23.5 Å². The van der Waals surface area contributed by atoms with E-state index >= 15 is 0 Å². The van der Waals surface area contributed by atoms with Gasteiger partial charge in [-0.3, -0.25) is 4.79 Å². The number of hydrogen-bond acceptors (Lipinski definition) is 9. The van der Waals surface area contributed by atoms with E-state index in [1.807, 2.05) is 0 Å². The van der Waals surface area contributed by atoms with E-state index in [1.165, 1.54) is 47.6 Å². The SMILES string of the molecule is COC(=O)c1c(NC(=O)CSc2nnc(Nc3ccccc3F)s2)sc2c1CCCC2. The van der Waals surface area contributed by atoms with Crippen LogP contribution >= 0.6 is 34.4 Å². The molecule has 11 heteroatoms. The number of thioether (sulfide) groups is 1. The molecule has 2 heterocycles. The number of thiophene rings is 1. The fraction of sp³-hybridized carbons (Fsp3) is 0.300. The number of anilines is 3. The van der Waals surface area contributed by atoms with Crippen molar-refractivity contribution in [3.63, 3.8) is 0 Å². The Bertz CT molecular complexity index is 1120. The first-order valence-corrected chi connectivity index (χ1v) is 12.2. The van der Waals surface area contributed by atoms with Gasteiger partial charge >= 0.3 is 5.97 Å². The van der Waals surface area contributed by atoms with Crippen LogP contribution in [0.5, 0.6) is 0 Å². The Labute approximate surface area is 190 Å². The zero-order chi connectivity index (χ0) is 21.8. The van der Waals surface area contributed by atoms with E-state index in [1.54, 1.807) is 18.2 Å². The molecule has 0 atom stereocenters. The summed E-state index contributed by atoms with van der Waals surface area (Å²) in [6.07, 6.45) is 3.84. The molecule has 1 aliphatic rings. The van der Waals surface area contributed by atoms with Crippen LogP contribution in [0.25, 0.3) is 0 Å². The van der Waals surface area contributed by atoms with E-state index < -0.39 is 5.97 Å². The van der Waals surface area contributed by atoms with Crippen molar-refractivity contribution < 1.29 is 18.7 Å². The van der Waals surface area contributed by atoms with E-state index in [2.05, 4.69) is 20.8 Å². The number of nitrogens with zero attached hydrogens (tertiary/aromatic N) is 2. The number of halogens is 1. The number of carbonyl (C=O) groups is 2. The molecule has 0 aliphatic heterocycles. The predicted octanol–water partition coefficient (Wildman–Crippen LogP) is 4.88. The lowest BCUT2D eigenvalue weighted by atomic mass is 9.95. The van der Waals surface area contributed by atoms with Crippen LogP contribution in [0, 0.1) is 5.82 Å². The number of ether oxygens (including phenoxy) is 1. The number of methoxy groups -OCH3 is 1. The van der Waals surface area contributed by atoms with Gasteiger partial charge in [-0.2, -0.15) is 0 Å². The average molecular weight is 479 g/mol. The van der Waals surface area contributed by atoms with Crippen LogP contribution in [0.4, 0.5) is 20.2 Å². The summed E-state index contributed by atoms with van der Waals surface area (Å²) < 4.78 is 19.3. The molecule has 0 saturated carbocycles. The minimum atomic E-state index is -0.421. The van der Waals surface area contributed by atoms with Crippen LogP contribution < -0.4 is 10.6 Å². The zero-order valence-corrected chi connectivity index (χ0v) is 19.0. The van der Waals surface area contributed by atoms with Crippen molar-refractivity contribution in [2.45, 2.75) is 30.0 Å². The number of fused-ring (bicyclic) bond motifs is 1. The molecular formula is C20H19FN4O3S3. The highest BCUT2D eigenvalue weighted by molar-refractivity contribution is 8.01. The van der Waals surface area contributed by atoms with E-state index in [0.717, 1.165) is 36.1 Å². The minimum absolute atomic E-state index is 0.109. The first kappa shape index (κ1) is 21.7. The molecule has 7 nitrogen and oxygen atoms in total. The highest BCUT2D eigenvalue weighted by Crippen LogP contribution is 2.38. The van der Waals surface area contributed by atoms with Gasteiger partial charge in [-0.1, -0.05) is 35.2 Å². The minimum Gasteiger partial charge on any atom is -0.465 e. The number of carbonyl (C=O) groups excluding carboxylic acids is 2. The number of rotatable bonds is 7. The topological polar surface area (TPSA) is 93.2 Å². The van der Waals surface area contributed by atoms with Crippen molar-refractivity contribution >= 4 is 62.1 Å². The molecule has 3 aromatic rings. The molecule has 2 aromatic heterocycles. The Morgan fingerprint density at radius 2 is 2.00 bits per heavy atom. The largest absolute Gasteiger partial charge is 0.465 e. The Morgan fingerprint density at radius 1 is 1.19 bits per heavy atom. The number of benzene rings is 1. The number of hydrogen-bond donors (Lipinski definition) is 2. The average Bonchev–Trinajstić information content (AvgIpc) is 3.37. The van der Waals surface area contributed by atoms with E-state index in [0.29, 0.717) is 25.7 Å². The highest BCUT2D eigenvalue weighted by atomic mass is 32.2. The van der Waals surface area contributed by atoms with Crippen LogP contribution in [0.2, 0.25) is 0 Å². The van der Waals surface area contributed by atoms with Crippen molar-refractivity contribution in [3.05, 3.63) is 46.1 Å².